The molecule has 10 rings (SSSR count). The highest BCUT2D eigenvalue weighted by Crippen LogP contribution is 2.56. The summed E-state index contributed by atoms with van der Waals surface area (Å²) in [4.78, 5) is 15.8. The van der Waals surface area contributed by atoms with Gasteiger partial charge in [0.05, 0.1) is 5.41 Å². The number of rotatable bonds is 7. The van der Waals surface area contributed by atoms with Crippen molar-refractivity contribution in [1.82, 2.24) is 15.0 Å². The number of benzene rings is 8. The van der Waals surface area contributed by atoms with Crippen LogP contribution in [0.4, 0.5) is 0 Å². The van der Waals surface area contributed by atoms with Gasteiger partial charge < -0.3 is 0 Å². The Hall–Kier alpha value is -7.23. The summed E-state index contributed by atoms with van der Waals surface area (Å²) in [5.41, 5.74) is 14.1. The molecular weight excluding hydrogens is 667 g/mol. The smallest absolute Gasteiger partial charge is 0.164 e. The van der Waals surface area contributed by atoms with Crippen LogP contribution in [0.3, 0.4) is 0 Å². The molecule has 258 valence electrons. The van der Waals surface area contributed by atoms with Crippen LogP contribution < -0.4 is 0 Å². The zero-order valence-corrected chi connectivity index (χ0v) is 30.0. The summed E-state index contributed by atoms with van der Waals surface area (Å²) in [6.45, 7) is 0. The van der Waals surface area contributed by atoms with Crippen molar-refractivity contribution >= 4 is 0 Å². The Balaban J connectivity index is 1.22. The van der Waals surface area contributed by atoms with Gasteiger partial charge in [-0.25, -0.2) is 15.0 Å². The molecule has 1 aliphatic rings. The fourth-order valence-corrected chi connectivity index (χ4v) is 8.35. The van der Waals surface area contributed by atoms with Gasteiger partial charge in [-0.15, -0.1) is 0 Å². The summed E-state index contributed by atoms with van der Waals surface area (Å²) >= 11 is 0. The van der Waals surface area contributed by atoms with Gasteiger partial charge in [0.2, 0.25) is 0 Å². The molecule has 0 aliphatic heterocycles. The minimum atomic E-state index is -0.535. The number of hydrogen-bond donors (Lipinski definition) is 0. The summed E-state index contributed by atoms with van der Waals surface area (Å²) < 4.78 is 0. The highest BCUT2D eigenvalue weighted by molar-refractivity contribution is 5.88. The molecule has 3 heteroatoms. The fraction of sp³-hybridized carbons (Fsp3) is 0.0192. The van der Waals surface area contributed by atoms with E-state index in [1.165, 1.54) is 33.4 Å². The second-order valence-electron chi connectivity index (χ2n) is 14.0. The van der Waals surface area contributed by atoms with E-state index < -0.39 is 5.41 Å². The molecule has 0 unspecified atom stereocenters. The van der Waals surface area contributed by atoms with E-state index in [1.807, 2.05) is 12.1 Å². The number of nitrogens with zero attached hydrogens (tertiary/aromatic N) is 3. The predicted octanol–water partition coefficient (Wildman–Crippen LogP) is 12.6. The van der Waals surface area contributed by atoms with E-state index in [1.54, 1.807) is 0 Å². The Morgan fingerprint density at radius 3 is 1.36 bits per heavy atom. The van der Waals surface area contributed by atoms with E-state index >= 15 is 0 Å². The third kappa shape index (κ3) is 5.57. The van der Waals surface area contributed by atoms with Gasteiger partial charge in [0.25, 0.3) is 0 Å². The van der Waals surface area contributed by atoms with E-state index in [2.05, 4.69) is 200 Å². The van der Waals surface area contributed by atoms with Gasteiger partial charge in [-0.1, -0.05) is 200 Å². The van der Waals surface area contributed by atoms with Crippen molar-refractivity contribution < 1.29 is 0 Å². The van der Waals surface area contributed by atoms with Gasteiger partial charge in [0.15, 0.2) is 17.5 Å². The first-order chi connectivity index (χ1) is 27.3. The standard InChI is InChI=1S/C52H35N3/c1-5-18-36(19-6-1)38-22-17-23-39(34-38)49-53-50(55-51(54-49)46-30-14-13-28-43(46)37-20-7-2-8-21-37)40-32-33-45-44-29-15-16-31-47(44)52(48(45)35-40,41-24-9-3-10-25-41)42-26-11-4-12-27-42/h1-35H. The molecule has 0 atom stereocenters. The lowest BCUT2D eigenvalue weighted by Crippen LogP contribution is -2.28. The molecule has 0 saturated carbocycles. The van der Waals surface area contributed by atoms with Crippen LogP contribution in [-0.2, 0) is 5.41 Å². The molecule has 1 heterocycles. The molecule has 8 aromatic carbocycles. The van der Waals surface area contributed by atoms with E-state index in [0.29, 0.717) is 17.5 Å². The Labute approximate surface area is 321 Å². The second-order valence-corrected chi connectivity index (χ2v) is 14.0. The lowest BCUT2D eigenvalue weighted by atomic mass is 9.67. The van der Waals surface area contributed by atoms with Crippen molar-refractivity contribution in [1.29, 1.82) is 0 Å². The molecule has 0 amide bonds. The van der Waals surface area contributed by atoms with Crippen molar-refractivity contribution in [3.63, 3.8) is 0 Å². The molecular formula is C52H35N3. The third-order valence-corrected chi connectivity index (χ3v) is 10.8. The normalized spacial score (nSPS) is 12.5. The molecule has 0 fully saturated rings. The summed E-state index contributed by atoms with van der Waals surface area (Å²) in [7, 11) is 0. The van der Waals surface area contributed by atoms with Crippen LogP contribution in [0.15, 0.2) is 212 Å². The zero-order chi connectivity index (χ0) is 36.6. The average Bonchev–Trinajstić information content (AvgIpc) is 3.58. The lowest BCUT2D eigenvalue weighted by molar-refractivity contribution is 0.768. The van der Waals surface area contributed by atoms with Gasteiger partial charge in [0.1, 0.15) is 0 Å². The first kappa shape index (κ1) is 32.4. The third-order valence-electron chi connectivity index (χ3n) is 10.8. The first-order valence-corrected chi connectivity index (χ1v) is 18.7. The van der Waals surface area contributed by atoms with E-state index in [-0.39, 0.29) is 0 Å². The Bertz CT molecular complexity index is 2760. The lowest BCUT2D eigenvalue weighted by Gasteiger charge is -2.34. The Kier molecular flexibility index (Phi) is 8.04. The van der Waals surface area contributed by atoms with E-state index in [0.717, 1.165) is 38.9 Å². The molecule has 0 spiro atoms. The van der Waals surface area contributed by atoms with Crippen molar-refractivity contribution in [2.75, 3.05) is 0 Å². The predicted molar refractivity (Wildman–Crippen MR) is 224 cm³/mol. The number of aromatic nitrogens is 3. The van der Waals surface area contributed by atoms with Crippen LogP contribution in [0, 0.1) is 0 Å². The largest absolute Gasteiger partial charge is 0.208 e. The monoisotopic (exact) mass is 701 g/mol. The summed E-state index contributed by atoms with van der Waals surface area (Å²) in [5, 5.41) is 0. The molecule has 1 aliphatic carbocycles. The Morgan fingerprint density at radius 1 is 0.255 bits per heavy atom. The summed E-state index contributed by atoms with van der Waals surface area (Å²) in [6, 6.07) is 75.1. The molecule has 0 saturated heterocycles. The average molecular weight is 702 g/mol. The summed E-state index contributed by atoms with van der Waals surface area (Å²) in [5.74, 6) is 1.88. The van der Waals surface area contributed by atoms with E-state index in [4.69, 9.17) is 15.0 Å². The van der Waals surface area contributed by atoms with Crippen LogP contribution >= 0.6 is 0 Å². The van der Waals surface area contributed by atoms with Crippen molar-refractivity contribution in [3.05, 3.63) is 235 Å². The fourth-order valence-electron chi connectivity index (χ4n) is 8.35. The number of hydrogen-bond acceptors (Lipinski definition) is 3. The second kappa shape index (κ2) is 13.6. The molecule has 3 nitrogen and oxygen atoms in total. The van der Waals surface area contributed by atoms with Gasteiger partial charge >= 0.3 is 0 Å². The minimum absolute atomic E-state index is 0.535. The maximum absolute atomic E-state index is 5.31. The molecule has 1 aromatic heterocycles. The van der Waals surface area contributed by atoms with Crippen molar-refractivity contribution in [2.24, 2.45) is 0 Å². The SMILES string of the molecule is c1ccc(-c2cccc(-c3nc(-c4ccc5c(c4)C(c4ccccc4)(c4ccccc4)c4ccccc4-5)nc(-c4ccccc4-c4ccccc4)n3)c2)cc1. The highest BCUT2D eigenvalue weighted by Gasteiger charge is 2.46. The van der Waals surface area contributed by atoms with Crippen LogP contribution in [0.1, 0.15) is 22.3 Å². The van der Waals surface area contributed by atoms with Crippen LogP contribution in [0.5, 0.6) is 0 Å². The molecule has 0 radical (unpaired) electrons. The van der Waals surface area contributed by atoms with Gasteiger partial charge in [-0.3, -0.25) is 0 Å². The zero-order valence-electron chi connectivity index (χ0n) is 30.0. The minimum Gasteiger partial charge on any atom is -0.208 e. The van der Waals surface area contributed by atoms with E-state index in [9.17, 15) is 0 Å². The summed E-state index contributed by atoms with van der Waals surface area (Å²) in [6.07, 6.45) is 0. The van der Waals surface area contributed by atoms with Gasteiger partial charge in [-0.05, 0) is 67.8 Å². The van der Waals surface area contributed by atoms with Crippen LogP contribution in [0.25, 0.3) is 67.5 Å². The van der Waals surface area contributed by atoms with Gasteiger partial charge in [-0.2, -0.15) is 0 Å². The maximum atomic E-state index is 5.31. The Morgan fingerprint density at radius 2 is 0.709 bits per heavy atom. The number of fused-ring (bicyclic) bond motifs is 3. The molecule has 55 heavy (non-hydrogen) atoms. The quantitative estimate of drug-likeness (QED) is 0.166. The molecule has 0 bridgehead atoms. The topological polar surface area (TPSA) is 38.7 Å². The van der Waals surface area contributed by atoms with Crippen molar-refractivity contribution in [2.45, 2.75) is 5.41 Å². The first-order valence-electron chi connectivity index (χ1n) is 18.7. The molecule has 9 aromatic rings. The van der Waals surface area contributed by atoms with Crippen LogP contribution in [-0.4, -0.2) is 15.0 Å². The van der Waals surface area contributed by atoms with Crippen LogP contribution in [0.2, 0.25) is 0 Å². The molecule has 0 N–H and O–H groups in total. The van der Waals surface area contributed by atoms with Gasteiger partial charge in [0, 0.05) is 16.7 Å². The van der Waals surface area contributed by atoms with Crippen molar-refractivity contribution in [3.8, 4) is 67.5 Å². The highest BCUT2D eigenvalue weighted by atomic mass is 15.0. The maximum Gasteiger partial charge on any atom is 0.164 e.